The highest BCUT2D eigenvalue weighted by Gasteiger charge is 2.07. The van der Waals surface area contributed by atoms with E-state index in [2.05, 4.69) is 5.43 Å². The number of nitrogens with two attached hydrogens (primary N) is 1. The SMILES string of the molecule is NC(=O)NNC(=O)c1ccc(I)c(Cl)c1. The van der Waals surface area contributed by atoms with E-state index in [0.29, 0.717) is 10.6 Å². The molecule has 4 N–H and O–H groups in total. The third-order valence-electron chi connectivity index (χ3n) is 1.48. The number of hydrogen-bond donors (Lipinski definition) is 3. The van der Waals surface area contributed by atoms with Gasteiger partial charge < -0.3 is 5.73 Å². The highest BCUT2D eigenvalue weighted by atomic mass is 127. The molecule has 1 aromatic rings. The molecule has 1 aromatic carbocycles. The number of benzene rings is 1. The fourth-order valence-electron chi connectivity index (χ4n) is 0.828. The predicted octanol–water partition coefficient (Wildman–Crippen LogP) is 1.26. The first-order valence-electron chi connectivity index (χ1n) is 3.81. The summed E-state index contributed by atoms with van der Waals surface area (Å²) in [5.41, 5.74) is 9.22. The van der Waals surface area contributed by atoms with Gasteiger partial charge in [0, 0.05) is 9.13 Å². The lowest BCUT2D eigenvalue weighted by Crippen LogP contribution is -2.44. The quantitative estimate of drug-likeness (QED) is 0.531. The van der Waals surface area contributed by atoms with Gasteiger partial charge in [-0.3, -0.25) is 10.2 Å². The molecular weight excluding hydrogens is 332 g/mol. The molecule has 0 unspecified atom stereocenters. The molecule has 0 spiro atoms. The predicted molar refractivity (Wildman–Crippen MR) is 64.4 cm³/mol. The van der Waals surface area contributed by atoms with Gasteiger partial charge in [0.15, 0.2) is 0 Å². The fourth-order valence-corrected chi connectivity index (χ4v) is 1.34. The van der Waals surface area contributed by atoms with Crippen LogP contribution in [0.5, 0.6) is 0 Å². The second-order valence-corrected chi connectivity index (χ2v) is 4.14. The van der Waals surface area contributed by atoms with E-state index in [0.717, 1.165) is 3.57 Å². The highest BCUT2D eigenvalue weighted by Crippen LogP contribution is 2.19. The molecule has 0 bridgehead atoms. The molecule has 0 heterocycles. The van der Waals surface area contributed by atoms with Crippen LogP contribution in [0.2, 0.25) is 5.02 Å². The normalized spacial score (nSPS) is 9.47. The Bertz CT molecular complexity index is 411. The maximum Gasteiger partial charge on any atom is 0.330 e. The Balaban J connectivity index is 2.74. The monoisotopic (exact) mass is 339 g/mol. The summed E-state index contributed by atoms with van der Waals surface area (Å²) in [6, 6.07) is 3.95. The Kier molecular flexibility index (Phi) is 4.15. The number of hydrogen-bond acceptors (Lipinski definition) is 2. The van der Waals surface area contributed by atoms with Gasteiger partial charge in [-0.2, -0.15) is 0 Å². The summed E-state index contributed by atoms with van der Waals surface area (Å²) < 4.78 is 0.841. The Morgan fingerprint density at radius 3 is 2.53 bits per heavy atom. The van der Waals surface area contributed by atoms with Crippen LogP contribution in [0.1, 0.15) is 10.4 Å². The average Bonchev–Trinajstić information content (AvgIpc) is 2.18. The fraction of sp³-hybridized carbons (Fsp3) is 0. The smallest absolute Gasteiger partial charge is 0.330 e. The molecule has 0 aromatic heterocycles. The van der Waals surface area contributed by atoms with Crippen molar-refractivity contribution in [2.45, 2.75) is 0 Å². The Hall–Kier alpha value is -1.02. The second kappa shape index (κ2) is 5.17. The number of hydrazine groups is 1. The Morgan fingerprint density at radius 2 is 2.00 bits per heavy atom. The highest BCUT2D eigenvalue weighted by molar-refractivity contribution is 14.1. The minimum atomic E-state index is -0.833. The van der Waals surface area contributed by atoms with Gasteiger partial charge in [0.25, 0.3) is 5.91 Å². The molecule has 0 fully saturated rings. The van der Waals surface area contributed by atoms with Gasteiger partial charge in [0.2, 0.25) is 0 Å². The van der Waals surface area contributed by atoms with Gasteiger partial charge in [-0.15, -0.1) is 0 Å². The molecule has 7 heteroatoms. The van der Waals surface area contributed by atoms with Crippen molar-refractivity contribution in [1.29, 1.82) is 0 Å². The first-order valence-corrected chi connectivity index (χ1v) is 5.27. The summed E-state index contributed by atoms with van der Waals surface area (Å²) in [6.07, 6.45) is 0. The number of primary amides is 1. The van der Waals surface area contributed by atoms with Crippen molar-refractivity contribution < 1.29 is 9.59 Å². The zero-order valence-corrected chi connectivity index (χ0v) is 10.3. The van der Waals surface area contributed by atoms with Crippen LogP contribution in [-0.4, -0.2) is 11.9 Å². The van der Waals surface area contributed by atoms with Crippen LogP contribution in [0.25, 0.3) is 0 Å². The van der Waals surface area contributed by atoms with Crippen molar-refractivity contribution in [2.75, 3.05) is 0 Å². The number of halogens is 2. The molecule has 0 saturated heterocycles. The topological polar surface area (TPSA) is 84.2 Å². The maximum absolute atomic E-state index is 11.4. The molecule has 0 aliphatic carbocycles. The van der Waals surface area contributed by atoms with Gasteiger partial charge in [-0.25, -0.2) is 10.2 Å². The molecule has 80 valence electrons. The van der Waals surface area contributed by atoms with Crippen molar-refractivity contribution in [3.05, 3.63) is 32.4 Å². The maximum atomic E-state index is 11.4. The summed E-state index contributed by atoms with van der Waals surface area (Å²) >= 11 is 7.86. The third kappa shape index (κ3) is 3.56. The molecular formula is C8H7ClIN3O2. The van der Waals surface area contributed by atoms with Crippen LogP contribution in [0.4, 0.5) is 4.79 Å². The summed E-state index contributed by atoms with van der Waals surface area (Å²) in [6.45, 7) is 0. The first-order chi connectivity index (χ1) is 7.00. The number of amides is 3. The summed E-state index contributed by atoms with van der Waals surface area (Å²) in [5, 5.41) is 0.474. The van der Waals surface area contributed by atoms with E-state index in [1.54, 1.807) is 12.1 Å². The standard InChI is InChI=1S/C8H7ClIN3O2/c9-5-3-4(1-2-6(5)10)7(14)12-13-8(11)15/h1-3H,(H,12,14)(H3,11,13,15). The molecule has 0 saturated carbocycles. The number of urea groups is 1. The van der Waals surface area contributed by atoms with Crippen molar-refractivity contribution >= 4 is 46.1 Å². The molecule has 0 atom stereocenters. The summed E-state index contributed by atoms with van der Waals surface area (Å²) in [4.78, 5) is 21.7. The van der Waals surface area contributed by atoms with Crippen LogP contribution in [0.15, 0.2) is 18.2 Å². The zero-order chi connectivity index (χ0) is 11.4. The van der Waals surface area contributed by atoms with Gasteiger partial charge >= 0.3 is 6.03 Å². The van der Waals surface area contributed by atoms with Crippen molar-refractivity contribution in [3.8, 4) is 0 Å². The van der Waals surface area contributed by atoms with E-state index >= 15 is 0 Å². The van der Waals surface area contributed by atoms with Crippen LogP contribution in [0, 0.1) is 3.57 Å². The van der Waals surface area contributed by atoms with Crippen LogP contribution in [0.3, 0.4) is 0 Å². The van der Waals surface area contributed by atoms with Crippen molar-refractivity contribution in [1.82, 2.24) is 10.9 Å². The Morgan fingerprint density at radius 1 is 1.33 bits per heavy atom. The summed E-state index contributed by atoms with van der Waals surface area (Å²) in [5.74, 6) is -0.480. The molecule has 0 aliphatic rings. The van der Waals surface area contributed by atoms with Gasteiger partial charge in [0.1, 0.15) is 0 Å². The van der Waals surface area contributed by atoms with E-state index in [4.69, 9.17) is 17.3 Å². The minimum absolute atomic E-state index is 0.342. The molecule has 0 radical (unpaired) electrons. The van der Waals surface area contributed by atoms with E-state index in [1.807, 2.05) is 28.0 Å². The number of rotatable bonds is 1. The first kappa shape index (κ1) is 12.1. The summed E-state index contributed by atoms with van der Waals surface area (Å²) in [7, 11) is 0. The van der Waals surface area contributed by atoms with E-state index in [9.17, 15) is 9.59 Å². The minimum Gasteiger partial charge on any atom is -0.350 e. The van der Waals surface area contributed by atoms with E-state index in [1.165, 1.54) is 6.07 Å². The second-order valence-electron chi connectivity index (χ2n) is 2.57. The largest absolute Gasteiger partial charge is 0.350 e. The molecule has 0 aliphatic heterocycles. The molecule has 5 nitrogen and oxygen atoms in total. The lowest BCUT2D eigenvalue weighted by atomic mass is 10.2. The van der Waals surface area contributed by atoms with Crippen molar-refractivity contribution in [2.24, 2.45) is 5.73 Å². The van der Waals surface area contributed by atoms with Crippen molar-refractivity contribution in [3.63, 3.8) is 0 Å². The zero-order valence-electron chi connectivity index (χ0n) is 7.38. The van der Waals surface area contributed by atoms with Gasteiger partial charge in [-0.1, -0.05) is 11.6 Å². The lowest BCUT2D eigenvalue weighted by Gasteiger charge is -2.05. The molecule has 3 amide bonds. The van der Waals surface area contributed by atoms with Crippen LogP contribution in [-0.2, 0) is 0 Å². The van der Waals surface area contributed by atoms with Crippen LogP contribution < -0.4 is 16.6 Å². The number of nitrogens with one attached hydrogen (secondary N) is 2. The Labute approximate surface area is 104 Å². The van der Waals surface area contributed by atoms with E-state index in [-0.39, 0.29) is 0 Å². The number of carbonyl (C=O) groups is 2. The third-order valence-corrected chi connectivity index (χ3v) is 3.05. The lowest BCUT2D eigenvalue weighted by molar-refractivity contribution is 0.0937. The van der Waals surface area contributed by atoms with Gasteiger partial charge in [-0.05, 0) is 40.8 Å². The number of carbonyl (C=O) groups excluding carboxylic acids is 2. The van der Waals surface area contributed by atoms with Gasteiger partial charge in [0.05, 0.1) is 5.02 Å². The molecule has 1 rings (SSSR count). The van der Waals surface area contributed by atoms with Crippen LogP contribution >= 0.6 is 34.2 Å². The van der Waals surface area contributed by atoms with E-state index < -0.39 is 11.9 Å². The molecule has 15 heavy (non-hydrogen) atoms. The average molecular weight is 340 g/mol.